The summed E-state index contributed by atoms with van der Waals surface area (Å²) in [6, 6.07) is 20.6. The van der Waals surface area contributed by atoms with Gasteiger partial charge in [0.25, 0.3) is 15.9 Å². The number of ether oxygens (including phenoxy) is 1. The Hall–Kier alpha value is -3.32. The number of nitrogens with zero attached hydrogens (tertiary/aromatic N) is 1. The lowest BCUT2D eigenvalue weighted by atomic mass is 10.1. The van der Waals surface area contributed by atoms with Crippen molar-refractivity contribution in [3.05, 3.63) is 89.5 Å². The number of aryl methyl sites for hydroxylation is 2. The van der Waals surface area contributed by atoms with E-state index in [1.54, 1.807) is 54.6 Å². The summed E-state index contributed by atoms with van der Waals surface area (Å²) in [4.78, 5) is 12.6. The Kier molecular flexibility index (Phi) is 6.97. The van der Waals surface area contributed by atoms with Crippen LogP contribution in [-0.2, 0) is 10.0 Å². The Morgan fingerprint density at radius 2 is 1.65 bits per heavy atom. The van der Waals surface area contributed by atoms with Gasteiger partial charge in [-0.3, -0.25) is 9.10 Å². The van der Waals surface area contributed by atoms with Crippen molar-refractivity contribution in [1.29, 1.82) is 0 Å². The monoisotopic (exact) mass is 438 g/mol. The molecule has 7 heteroatoms. The minimum Gasteiger partial charge on any atom is -0.491 e. The minimum atomic E-state index is -3.66. The first kappa shape index (κ1) is 22.4. The van der Waals surface area contributed by atoms with Gasteiger partial charge in [-0.05, 0) is 61.9 Å². The molecule has 3 rings (SSSR count). The summed E-state index contributed by atoms with van der Waals surface area (Å²) in [5, 5.41) is 2.81. The first-order valence-electron chi connectivity index (χ1n) is 9.91. The zero-order valence-corrected chi connectivity index (χ0v) is 18.6. The maximum Gasteiger partial charge on any atom is 0.264 e. The van der Waals surface area contributed by atoms with Crippen LogP contribution in [0.3, 0.4) is 0 Å². The van der Waals surface area contributed by atoms with Crippen molar-refractivity contribution in [3.63, 3.8) is 0 Å². The molecule has 0 aliphatic carbocycles. The summed E-state index contributed by atoms with van der Waals surface area (Å²) < 4.78 is 32.4. The third-order valence-electron chi connectivity index (χ3n) is 4.87. The van der Waals surface area contributed by atoms with E-state index in [2.05, 4.69) is 5.32 Å². The Bertz CT molecular complexity index is 1140. The van der Waals surface area contributed by atoms with Crippen LogP contribution < -0.4 is 14.4 Å². The predicted octanol–water partition coefficient (Wildman–Crippen LogP) is 3.94. The molecule has 0 unspecified atom stereocenters. The van der Waals surface area contributed by atoms with Gasteiger partial charge >= 0.3 is 0 Å². The van der Waals surface area contributed by atoms with E-state index in [0.717, 1.165) is 11.3 Å². The summed E-state index contributed by atoms with van der Waals surface area (Å²) in [6.45, 7) is 4.72. The van der Waals surface area contributed by atoms with Crippen LogP contribution in [0.5, 0.6) is 5.75 Å². The van der Waals surface area contributed by atoms with Gasteiger partial charge in [-0.2, -0.15) is 0 Å². The molecule has 1 amide bonds. The van der Waals surface area contributed by atoms with Gasteiger partial charge in [0.05, 0.1) is 17.1 Å². The van der Waals surface area contributed by atoms with Crippen molar-refractivity contribution in [1.82, 2.24) is 5.32 Å². The number of amides is 1. The number of carbonyl (C=O) groups excluding carboxylic acids is 1. The Morgan fingerprint density at radius 1 is 0.968 bits per heavy atom. The standard InChI is InChI=1S/C24H26N2O4S/c1-18-9-14-23(19(2)17-18)30-16-15-25-24(27)20-10-12-21(13-11-20)26(3)31(28,29)22-7-5-4-6-8-22/h4-14,17H,15-16H2,1-3H3,(H,25,27). The van der Waals surface area contributed by atoms with Gasteiger partial charge in [-0.15, -0.1) is 0 Å². The van der Waals surface area contributed by atoms with Gasteiger partial charge < -0.3 is 10.1 Å². The fraction of sp³-hybridized carbons (Fsp3) is 0.208. The molecule has 0 saturated heterocycles. The van der Waals surface area contributed by atoms with E-state index in [1.165, 1.54) is 16.9 Å². The van der Waals surface area contributed by atoms with Gasteiger partial charge in [0.2, 0.25) is 0 Å². The van der Waals surface area contributed by atoms with Crippen LogP contribution in [0.2, 0.25) is 0 Å². The SMILES string of the molecule is Cc1ccc(OCCNC(=O)c2ccc(N(C)S(=O)(=O)c3ccccc3)cc2)c(C)c1. The van der Waals surface area contributed by atoms with Gasteiger partial charge in [0.15, 0.2) is 0 Å². The van der Waals surface area contributed by atoms with Crippen LogP contribution in [-0.4, -0.2) is 34.5 Å². The van der Waals surface area contributed by atoms with Crippen LogP contribution in [0.15, 0.2) is 77.7 Å². The van der Waals surface area contributed by atoms with Crippen molar-refractivity contribution in [2.75, 3.05) is 24.5 Å². The van der Waals surface area contributed by atoms with Crippen molar-refractivity contribution in [2.24, 2.45) is 0 Å². The van der Waals surface area contributed by atoms with Crippen molar-refractivity contribution >= 4 is 21.6 Å². The number of sulfonamides is 1. The molecular weight excluding hydrogens is 412 g/mol. The summed E-state index contributed by atoms with van der Waals surface area (Å²) in [5.41, 5.74) is 3.14. The molecule has 31 heavy (non-hydrogen) atoms. The van der Waals surface area contributed by atoms with E-state index >= 15 is 0 Å². The fourth-order valence-corrected chi connectivity index (χ4v) is 4.32. The van der Waals surface area contributed by atoms with Gasteiger partial charge in [0, 0.05) is 12.6 Å². The molecule has 0 aliphatic heterocycles. The molecule has 3 aromatic carbocycles. The van der Waals surface area contributed by atoms with Gasteiger partial charge in [-0.1, -0.05) is 35.9 Å². The third kappa shape index (κ3) is 5.44. The quantitative estimate of drug-likeness (QED) is 0.541. The van der Waals surface area contributed by atoms with E-state index in [-0.39, 0.29) is 10.8 Å². The molecule has 0 fully saturated rings. The lowest BCUT2D eigenvalue weighted by Gasteiger charge is -2.19. The largest absolute Gasteiger partial charge is 0.491 e. The van der Waals surface area contributed by atoms with Crippen LogP contribution >= 0.6 is 0 Å². The molecule has 0 saturated carbocycles. The molecular formula is C24H26N2O4S. The smallest absolute Gasteiger partial charge is 0.264 e. The predicted molar refractivity (Wildman–Crippen MR) is 122 cm³/mol. The highest BCUT2D eigenvalue weighted by Gasteiger charge is 2.21. The highest BCUT2D eigenvalue weighted by molar-refractivity contribution is 7.92. The molecule has 0 radical (unpaired) electrons. The average molecular weight is 439 g/mol. The summed E-state index contributed by atoms with van der Waals surface area (Å²) in [6.07, 6.45) is 0. The Balaban J connectivity index is 1.56. The number of rotatable bonds is 8. The van der Waals surface area contributed by atoms with E-state index in [0.29, 0.717) is 24.4 Å². The zero-order chi connectivity index (χ0) is 22.4. The maximum atomic E-state index is 12.7. The van der Waals surface area contributed by atoms with E-state index in [4.69, 9.17) is 4.74 Å². The number of anilines is 1. The molecule has 6 nitrogen and oxygen atoms in total. The van der Waals surface area contributed by atoms with Crippen molar-refractivity contribution < 1.29 is 17.9 Å². The zero-order valence-electron chi connectivity index (χ0n) is 17.8. The molecule has 162 valence electrons. The van der Waals surface area contributed by atoms with Crippen LogP contribution in [0.4, 0.5) is 5.69 Å². The molecule has 0 bridgehead atoms. The number of hydrogen-bond acceptors (Lipinski definition) is 4. The Labute approximate surface area is 183 Å². The van der Waals surface area contributed by atoms with E-state index in [9.17, 15) is 13.2 Å². The number of benzene rings is 3. The van der Waals surface area contributed by atoms with Crippen molar-refractivity contribution in [3.8, 4) is 5.75 Å². The third-order valence-corrected chi connectivity index (χ3v) is 6.67. The fourth-order valence-electron chi connectivity index (χ4n) is 3.10. The summed E-state index contributed by atoms with van der Waals surface area (Å²) >= 11 is 0. The molecule has 1 N–H and O–H groups in total. The normalized spacial score (nSPS) is 11.1. The molecule has 0 spiro atoms. The number of carbonyl (C=O) groups is 1. The van der Waals surface area contributed by atoms with Gasteiger partial charge in [-0.25, -0.2) is 8.42 Å². The highest BCUT2D eigenvalue weighted by Crippen LogP contribution is 2.22. The lowest BCUT2D eigenvalue weighted by Crippen LogP contribution is -2.28. The molecule has 0 aromatic heterocycles. The van der Waals surface area contributed by atoms with Crippen molar-refractivity contribution in [2.45, 2.75) is 18.7 Å². The highest BCUT2D eigenvalue weighted by atomic mass is 32.2. The second kappa shape index (κ2) is 9.66. The maximum absolute atomic E-state index is 12.7. The van der Waals surface area contributed by atoms with E-state index < -0.39 is 10.0 Å². The Morgan fingerprint density at radius 3 is 2.29 bits per heavy atom. The average Bonchev–Trinajstić information content (AvgIpc) is 2.78. The van der Waals surface area contributed by atoms with Crippen LogP contribution in [0.25, 0.3) is 0 Å². The van der Waals surface area contributed by atoms with Gasteiger partial charge in [0.1, 0.15) is 12.4 Å². The minimum absolute atomic E-state index is 0.211. The van der Waals surface area contributed by atoms with E-state index in [1.807, 2.05) is 32.0 Å². The first-order chi connectivity index (χ1) is 14.8. The topological polar surface area (TPSA) is 75.7 Å². The first-order valence-corrected chi connectivity index (χ1v) is 11.4. The summed E-state index contributed by atoms with van der Waals surface area (Å²) in [7, 11) is -2.17. The second-order valence-electron chi connectivity index (χ2n) is 7.21. The molecule has 0 atom stereocenters. The summed E-state index contributed by atoms with van der Waals surface area (Å²) in [5.74, 6) is 0.552. The molecule has 0 heterocycles. The lowest BCUT2D eigenvalue weighted by molar-refractivity contribution is 0.0947. The van der Waals surface area contributed by atoms with Crippen LogP contribution in [0, 0.1) is 13.8 Å². The number of hydrogen-bond donors (Lipinski definition) is 1. The molecule has 3 aromatic rings. The molecule has 0 aliphatic rings. The van der Waals surface area contributed by atoms with Crippen LogP contribution in [0.1, 0.15) is 21.5 Å². The number of nitrogens with one attached hydrogen (secondary N) is 1. The second-order valence-corrected chi connectivity index (χ2v) is 9.18.